The monoisotopic (exact) mass is 264 g/mol. The summed E-state index contributed by atoms with van der Waals surface area (Å²) in [5.41, 5.74) is 1.36. The zero-order valence-electron chi connectivity index (χ0n) is 11.3. The molecule has 1 aliphatic carbocycles. The van der Waals surface area contributed by atoms with Crippen LogP contribution in [0.4, 0.5) is 10.1 Å². The number of carbonyl (C=O) groups is 1. The molecule has 19 heavy (non-hydrogen) atoms. The van der Waals surface area contributed by atoms with Gasteiger partial charge in [0.25, 0.3) is 0 Å². The van der Waals surface area contributed by atoms with Crippen molar-refractivity contribution in [2.75, 3.05) is 11.9 Å². The van der Waals surface area contributed by atoms with Gasteiger partial charge in [0.15, 0.2) is 0 Å². The van der Waals surface area contributed by atoms with Crippen LogP contribution in [0.1, 0.15) is 37.7 Å². The van der Waals surface area contributed by atoms with Crippen LogP contribution in [0.2, 0.25) is 0 Å². The van der Waals surface area contributed by atoms with Gasteiger partial charge in [-0.1, -0.05) is 19.3 Å². The SMILES string of the molecule is Cc1cc(NCC(=O)NC2CCCCC2)ccc1F. The van der Waals surface area contributed by atoms with E-state index in [0.717, 1.165) is 18.5 Å². The van der Waals surface area contributed by atoms with E-state index in [1.54, 1.807) is 19.1 Å². The maximum Gasteiger partial charge on any atom is 0.239 e. The Hall–Kier alpha value is -1.58. The number of amides is 1. The van der Waals surface area contributed by atoms with Crippen LogP contribution < -0.4 is 10.6 Å². The topological polar surface area (TPSA) is 41.1 Å². The van der Waals surface area contributed by atoms with E-state index in [-0.39, 0.29) is 18.3 Å². The van der Waals surface area contributed by atoms with Crippen molar-refractivity contribution in [2.24, 2.45) is 0 Å². The van der Waals surface area contributed by atoms with E-state index >= 15 is 0 Å². The third kappa shape index (κ3) is 4.23. The minimum Gasteiger partial charge on any atom is -0.376 e. The molecule has 0 spiro atoms. The lowest BCUT2D eigenvalue weighted by atomic mass is 9.95. The summed E-state index contributed by atoms with van der Waals surface area (Å²) in [4.78, 5) is 11.8. The predicted octanol–water partition coefficient (Wildman–Crippen LogP) is 2.99. The number of benzene rings is 1. The molecule has 0 aliphatic heterocycles. The lowest BCUT2D eigenvalue weighted by Crippen LogP contribution is -2.39. The van der Waals surface area contributed by atoms with Crippen molar-refractivity contribution in [3.8, 4) is 0 Å². The van der Waals surface area contributed by atoms with Gasteiger partial charge >= 0.3 is 0 Å². The second-order valence-corrected chi connectivity index (χ2v) is 5.22. The van der Waals surface area contributed by atoms with Crippen molar-refractivity contribution in [2.45, 2.75) is 45.1 Å². The summed E-state index contributed by atoms with van der Waals surface area (Å²) in [6.45, 7) is 1.95. The van der Waals surface area contributed by atoms with Gasteiger partial charge in [0, 0.05) is 11.7 Å². The van der Waals surface area contributed by atoms with Crippen LogP contribution in [0.3, 0.4) is 0 Å². The van der Waals surface area contributed by atoms with E-state index in [9.17, 15) is 9.18 Å². The number of halogens is 1. The smallest absolute Gasteiger partial charge is 0.239 e. The third-order valence-corrected chi connectivity index (χ3v) is 3.58. The maximum absolute atomic E-state index is 13.1. The van der Waals surface area contributed by atoms with Gasteiger partial charge in [-0.15, -0.1) is 0 Å². The van der Waals surface area contributed by atoms with Gasteiger partial charge < -0.3 is 10.6 Å². The average molecular weight is 264 g/mol. The predicted molar refractivity (Wildman–Crippen MR) is 74.6 cm³/mol. The number of nitrogens with one attached hydrogen (secondary N) is 2. The lowest BCUT2D eigenvalue weighted by molar-refractivity contribution is -0.120. The molecule has 1 saturated carbocycles. The highest BCUT2D eigenvalue weighted by atomic mass is 19.1. The second-order valence-electron chi connectivity index (χ2n) is 5.22. The van der Waals surface area contributed by atoms with E-state index in [1.807, 2.05) is 0 Å². The Bertz CT molecular complexity index is 442. The zero-order valence-corrected chi connectivity index (χ0v) is 11.3. The quantitative estimate of drug-likeness (QED) is 0.877. The molecule has 1 fully saturated rings. The van der Waals surface area contributed by atoms with Gasteiger partial charge in [0.1, 0.15) is 5.82 Å². The molecule has 4 heteroatoms. The van der Waals surface area contributed by atoms with Gasteiger partial charge in [0.2, 0.25) is 5.91 Å². The van der Waals surface area contributed by atoms with Gasteiger partial charge in [0.05, 0.1) is 6.54 Å². The molecule has 0 atom stereocenters. The summed E-state index contributed by atoms with van der Waals surface area (Å²) >= 11 is 0. The Morgan fingerprint density at radius 2 is 2.05 bits per heavy atom. The van der Waals surface area contributed by atoms with Crippen LogP contribution >= 0.6 is 0 Å². The molecule has 0 radical (unpaired) electrons. The molecule has 0 bridgehead atoms. The van der Waals surface area contributed by atoms with E-state index < -0.39 is 0 Å². The molecule has 1 aliphatic rings. The van der Waals surface area contributed by atoms with E-state index in [4.69, 9.17) is 0 Å². The highest BCUT2D eigenvalue weighted by Crippen LogP contribution is 2.17. The van der Waals surface area contributed by atoms with Gasteiger partial charge in [-0.05, 0) is 43.5 Å². The van der Waals surface area contributed by atoms with Crippen molar-refractivity contribution in [3.63, 3.8) is 0 Å². The number of hydrogen-bond acceptors (Lipinski definition) is 2. The fraction of sp³-hybridized carbons (Fsp3) is 0.533. The van der Waals surface area contributed by atoms with Crippen LogP contribution in [0.15, 0.2) is 18.2 Å². The molecule has 1 aromatic rings. The molecule has 0 aromatic heterocycles. The molecule has 0 saturated heterocycles. The largest absolute Gasteiger partial charge is 0.376 e. The van der Waals surface area contributed by atoms with E-state index in [1.165, 1.54) is 25.3 Å². The van der Waals surface area contributed by atoms with Crippen molar-refractivity contribution >= 4 is 11.6 Å². The molecule has 3 nitrogen and oxygen atoms in total. The molecule has 2 N–H and O–H groups in total. The third-order valence-electron chi connectivity index (χ3n) is 3.58. The summed E-state index contributed by atoms with van der Waals surface area (Å²) < 4.78 is 13.1. The maximum atomic E-state index is 13.1. The Labute approximate surface area is 113 Å². The van der Waals surface area contributed by atoms with Gasteiger partial charge in [-0.25, -0.2) is 4.39 Å². The molecular weight excluding hydrogens is 243 g/mol. The first kappa shape index (κ1) is 13.8. The van der Waals surface area contributed by atoms with E-state index in [0.29, 0.717) is 11.6 Å². The summed E-state index contributed by atoms with van der Waals surface area (Å²) in [5, 5.41) is 6.06. The molecular formula is C15H21FN2O. The number of hydrogen-bond donors (Lipinski definition) is 2. The number of rotatable bonds is 4. The van der Waals surface area contributed by atoms with Crippen LogP contribution in [0.25, 0.3) is 0 Å². The molecule has 0 heterocycles. The van der Waals surface area contributed by atoms with Crippen molar-refractivity contribution in [1.82, 2.24) is 5.32 Å². The van der Waals surface area contributed by atoms with E-state index in [2.05, 4.69) is 10.6 Å². The number of carbonyl (C=O) groups excluding carboxylic acids is 1. The normalized spacial score (nSPS) is 16.1. The zero-order chi connectivity index (χ0) is 13.7. The highest BCUT2D eigenvalue weighted by molar-refractivity contribution is 5.81. The fourth-order valence-electron chi connectivity index (χ4n) is 2.46. The van der Waals surface area contributed by atoms with Crippen LogP contribution in [-0.4, -0.2) is 18.5 Å². The first-order chi connectivity index (χ1) is 9.15. The van der Waals surface area contributed by atoms with Crippen molar-refractivity contribution in [1.29, 1.82) is 0 Å². The minimum atomic E-state index is -0.225. The fourth-order valence-corrected chi connectivity index (χ4v) is 2.46. The lowest BCUT2D eigenvalue weighted by Gasteiger charge is -2.22. The standard InChI is InChI=1S/C15H21FN2O/c1-11-9-13(7-8-14(11)16)17-10-15(19)18-12-5-3-2-4-6-12/h7-9,12,17H,2-6,10H2,1H3,(H,18,19). The number of anilines is 1. The summed E-state index contributed by atoms with van der Waals surface area (Å²) in [7, 11) is 0. The molecule has 2 rings (SSSR count). The molecule has 1 aromatic carbocycles. The molecule has 1 amide bonds. The molecule has 0 unspecified atom stereocenters. The first-order valence-corrected chi connectivity index (χ1v) is 6.94. The Morgan fingerprint density at radius 3 is 2.74 bits per heavy atom. The Balaban J connectivity index is 1.77. The Kier molecular flexibility index (Phi) is 4.77. The average Bonchev–Trinajstić information content (AvgIpc) is 2.41. The molecule has 104 valence electrons. The summed E-state index contributed by atoms with van der Waals surface area (Å²) in [6.07, 6.45) is 5.85. The van der Waals surface area contributed by atoms with Crippen LogP contribution in [-0.2, 0) is 4.79 Å². The minimum absolute atomic E-state index is 0.00822. The van der Waals surface area contributed by atoms with Gasteiger partial charge in [-0.2, -0.15) is 0 Å². The van der Waals surface area contributed by atoms with Crippen LogP contribution in [0, 0.1) is 12.7 Å². The number of aryl methyl sites for hydroxylation is 1. The first-order valence-electron chi connectivity index (χ1n) is 6.94. The second kappa shape index (κ2) is 6.55. The van der Waals surface area contributed by atoms with Crippen LogP contribution in [0.5, 0.6) is 0 Å². The highest BCUT2D eigenvalue weighted by Gasteiger charge is 2.15. The summed E-state index contributed by atoms with van der Waals surface area (Å²) in [5.74, 6) is -0.217. The summed E-state index contributed by atoms with van der Waals surface area (Å²) in [6, 6.07) is 5.11. The van der Waals surface area contributed by atoms with Gasteiger partial charge in [-0.3, -0.25) is 4.79 Å². The van der Waals surface area contributed by atoms with Crippen molar-refractivity contribution < 1.29 is 9.18 Å². The van der Waals surface area contributed by atoms with Crippen molar-refractivity contribution in [3.05, 3.63) is 29.6 Å². The Morgan fingerprint density at radius 1 is 1.32 bits per heavy atom.